The number of quaternary nitrogens is 1. The number of carbonyl (C=O) groups is 3. The topological polar surface area (TPSA) is 114 Å². The number of rotatable bonds is 5. The molecule has 0 aromatic heterocycles. The van der Waals surface area contributed by atoms with E-state index in [-0.39, 0.29) is 41.5 Å². The first-order chi connectivity index (χ1) is 11.5. The lowest BCUT2D eigenvalue weighted by atomic mass is 10.1. The van der Waals surface area contributed by atoms with E-state index in [9.17, 15) is 24.5 Å². The first-order valence-electron chi connectivity index (χ1n) is 7.77. The minimum atomic E-state index is -0.706. The van der Waals surface area contributed by atoms with Crippen molar-refractivity contribution in [1.29, 1.82) is 0 Å². The molecular weight excluding hydrogens is 328 g/mol. The highest BCUT2D eigenvalue weighted by molar-refractivity contribution is 6.23. The van der Waals surface area contributed by atoms with Crippen LogP contribution in [0.1, 0.15) is 41.5 Å². The van der Waals surface area contributed by atoms with Crippen LogP contribution < -0.4 is 10.2 Å². The quantitative estimate of drug-likeness (QED) is 0.426. The third kappa shape index (κ3) is 4.00. The summed E-state index contributed by atoms with van der Waals surface area (Å²) in [4.78, 5) is 48.8. The number of nitro groups is 1. The molecule has 2 rings (SSSR count). The minimum absolute atomic E-state index is 0.0196. The molecule has 0 spiro atoms. The Balaban J connectivity index is 2.13. The summed E-state index contributed by atoms with van der Waals surface area (Å²) in [5.41, 5.74) is -0.940. The molecule has 134 valence electrons. The zero-order valence-corrected chi connectivity index (χ0v) is 14.6. The number of carbonyl (C=O) groups excluding carboxylic acids is 3. The van der Waals surface area contributed by atoms with E-state index in [1.807, 2.05) is 20.8 Å². The molecule has 1 unspecified atom stereocenters. The molecule has 1 heterocycles. The van der Waals surface area contributed by atoms with Gasteiger partial charge in [-0.05, 0) is 26.8 Å². The molecule has 0 saturated heterocycles. The van der Waals surface area contributed by atoms with Crippen LogP contribution in [0.2, 0.25) is 0 Å². The SMILES string of the molecule is C[NH+](CC(=O)NC(C)(C)C)CN1C(=O)c2cccc([N+](=O)[O-])c2C1=O. The van der Waals surface area contributed by atoms with Gasteiger partial charge >= 0.3 is 0 Å². The van der Waals surface area contributed by atoms with E-state index in [0.717, 1.165) is 4.90 Å². The number of imide groups is 1. The number of fused-ring (bicyclic) bond motifs is 1. The van der Waals surface area contributed by atoms with Gasteiger partial charge in [-0.3, -0.25) is 24.5 Å². The maximum absolute atomic E-state index is 12.5. The summed E-state index contributed by atoms with van der Waals surface area (Å²) in [5, 5.41) is 13.9. The van der Waals surface area contributed by atoms with Crippen LogP contribution in [0.3, 0.4) is 0 Å². The second-order valence-electron chi connectivity index (χ2n) is 7.09. The molecule has 0 fully saturated rings. The smallest absolute Gasteiger partial charge is 0.282 e. The summed E-state index contributed by atoms with van der Waals surface area (Å²) < 4.78 is 0. The van der Waals surface area contributed by atoms with Crippen molar-refractivity contribution < 1.29 is 24.2 Å². The Hall–Kier alpha value is -2.81. The van der Waals surface area contributed by atoms with Crippen molar-refractivity contribution in [3.63, 3.8) is 0 Å². The van der Waals surface area contributed by atoms with Crippen molar-refractivity contribution in [2.45, 2.75) is 26.3 Å². The van der Waals surface area contributed by atoms with Gasteiger partial charge in [-0.2, -0.15) is 0 Å². The normalized spacial score (nSPS) is 15.1. The molecule has 0 aliphatic carbocycles. The Bertz CT molecular complexity index is 753. The Kier molecular flexibility index (Phi) is 4.89. The Morgan fingerprint density at radius 3 is 2.48 bits per heavy atom. The zero-order chi connectivity index (χ0) is 18.9. The van der Waals surface area contributed by atoms with Crippen molar-refractivity contribution >= 4 is 23.4 Å². The summed E-state index contributed by atoms with van der Waals surface area (Å²) in [6.07, 6.45) is 0. The van der Waals surface area contributed by atoms with E-state index < -0.39 is 16.7 Å². The molecule has 1 aromatic carbocycles. The summed E-state index contributed by atoms with van der Waals surface area (Å²) >= 11 is 0. The summed E-state index contributed by atoms with van der Waals surface area (Å²) in [6.45, 7) is 5.56. The van der Waals surface area contributed by atoms with Crippen molar-refractivity contribution in [3.8, 4) is 0 Å². The van der Waals surface area contributed by atoms with Gasteiger partial charge < -0.3 is 10.2 Å². The summed E-state index contributed by atoms with van der Waals surface area (Å²) in [7, 11) is 1.67. The van der Waals surface area contributed by atoms with Gasteiger partial charge in [0.05, 0.1) is 17.5 Å². The number of nitro benzene ring substituents is 1. The molecule has 1 aliphatic heterocycles. The number of hydrogen-bond donors (Lipinski definition) is 2. The third-order valence-electron chi connectivity index (χ3n) is 3.58. The maximum Gasteiger partial charge on any atom is 0.282 e. The third-order valence-corrected chi connectivity index (χ3v) is 3.58. The Morgan fingerprint density at radius 1 is 1.28 bits per heavy atom. The molecule has 25 heavy (non-hydrogen) atoms. The van der Waals surface area contributed by atoms with E-state index >= 15 is 0 Å². The van der Waals surface area contributed by atoms with E-state index in [1.165, 1.54) is 18.2 Å². The molecule has 1 atom stereocenters. The predicted molar refractivity (Wildman–Crippen MR) is 88.1 cm³/mol. The fourth-order valence-electron chi connectivity index (χ4n) is 2.67. The molecule has 9 heteroatoms. The van der Waals surface area contributed by atoms with Crippen LogP contribution in [0.5, 0.6) is 0 Å². The highest BCUT2D eigenvalue weighted by Gasteiger charge is 2.42. The van der Waals surface area contributed by atoms with Crippen molar-refractivity contribution in [1.82, 2.24) is 10.2 Å². The first-order valence-corrected chi connectivity index (χ1v) is 7.77. The predicted octanol–water partition coefficient (Wildman–Crippen LogP) is -0.422. The fourth-order valence-corrected chi connectivity index (χ4v) is 2.67. The van der Waals surface area contributed by atoms with Crippen LogP contribution in [0.15, 0.2) is 18.2 Å². The highest BCUT2D eigenvalue weighted by Crippen LogP contribution is 2.29. The van der Waals surface area contributed by atoms with Crippen molar-refractivity contribution in [2.24, 2.45) is 0 Å². The molecule has 2 N–H and O–H groups in total. The average Bonchev–Trinajstić information content (AvgIpc) is 2.70. The van der Waals surface area contributed by atoms with Gasteiger partial charge in [0.2, 0.25) is 0 Å². The lowest BCUT2D eigenvalue weighted by Gasteiger charge is -2.23. The van der Waals surface area contributed by atoms with Crippen LogP contribution in [0.4, 0.5) is 5.69 Å². The molecule has 1 aromatic rings. The number of amides is 3. The van der Waals surface area contributed by atoms with Gasteiger partial charge in [0.25, 0.3) is 23.4 Å². The Labute approximate surface area is 144 Å². The van der Waals surface area contributed by atoms with Crippen molar-refractivity contribution in [3.05, 3.63) is 39.4 Å². The number of hydrogen-bond acceptors (Lipinski definition) is 5. The first kappa shape index (κ1) is 18.5. The standard InChI is InChI=1S/C16H20N4O5/c1-16(2,3)17-12(21)8-18(4)9-19-14(22)10-6-5-7-11(20(24)25)13(10)15(19)23/h5-7H,8-9H2,1-4H3,(H,17,21)/p+1. The monoisotopic (exact) mass is 349 g/mol. The van der Waals surface area contributed by atoms with Gasteiger partial charge in [0.15, 0.2) is 13.2 Å². The van der Waals surface area contributed by atoms with Crippen LogP contribution in [-0.4, -0.2) is 53.3 Å². The van der Waals surface area contributed by atoms with E-state index in [2.05, 4.69) is 5.32 Å². The lowest BCUT2D eigenvalue weighted by molar-refractivity contribution is -0.878. The summed E-state index contributed by atoms with van der Waals surface area (Å²) in [6, 6.07) is 3.96. The van der Waals surface area contributed by atoms with Crippen LogP contribution in [0.25, 0.3) is 0 Å². The molecule has 9 nitrogen and oxygen atoms in total. The molecule has 0 saturated carbocycles. The van der Waals surface area contributed by atoms with Crippen molar-refractivity contribution in [2.75, 3.05) is 20.3 Å². The maximum atomic E-state index is 12.5. The minimum Gasteiger partial charge on any atom is -0.347 e. The van der Waals surface area contributed by atoms with Crippen LogP contribution >= 0.6 is 0 Å². The highest BCUT2D eigenvalue weighted by atomic mass is 16.6. The van der Waals surface area contributed by atoms with Gasteiger partial charge in [-0.25, -0.2) is 4.90 Å². The lowest BCUT2D eigenvalue weighted by Crippen LogP contribution is -3.12. The van der Waals surface area contributed by atoms with Gasteiger partial charge in [0, 0.05) is 11.6 Å². The van der Waals surface area contributed by atoms with E-state index in [4.69, 9.17) is 0 Å². The van der Waals surface area contributed by atoms with E-state index in [0.29, 0.717) is 4.90 Å². The average molecular weight is 349 g/mol. The number of benzene rings is 1. The van der Waals surface area contributed by atoms with Gasteiger partial charge in [-0.1, -0.05) is 6.07 Å². The second kappa shape index (κ2) is 6.60. The number of nitrogens with one attached hydrogen (secondary N) is 2. The van der Waals surface area contributed by atoms with E-state index in [1.54, 1.807) is 7.05 Å². The zero-order valence-electron chi connectivity index (χ0n) is 14.6. The number of likely N-dealkylation sites (N-methyl/N-ethyl adjacent to an activating group) is 1. The molecular formula is C16H21N4O5+. The molecule has 1 aliphatic rings. The second-order valence-corrected chi connectivity index (χ2v) is 7.09. The summed E-state index contributed by atoms with van der Waals surface area (Å²) in [5.74, 6) is -1.50. The number of nitrogens with zero attached hydrogens (tertiary/aromatic N) is 2. The van der Waals surface area contributed by atoms with Crippen LogP contribution in [0, 0.1) is 10.1 Å². The van der Waals surface area contributed by atoms with Gasteiger partial charge in [-0.15, -0.1) is 0 Å². The molecule has 0 radical (unpaired) electrons. The van der Waals surface area contributed by atoms with Crippen LogP contribution in [-0.2, 0) is 4.79 Å². The fraction of sp³-hybridized carbons (Fsp3) is 0.438. The Morgan fingerprint density at radius 2 is 1.92 bits per heavy atom. The largest absolute Gasteiger partial charge is 0.347 e. The molecule has 3 amide bonds. The van der Waals surface area contributed by atoms with Gasteiger partial charge in [0.1, 0.15) is 5.56 Å². The molecule has 0 bridgehead atoms.